The highest BCUT2D eigenvalue weighted by Gasteiger charge is 2.26. The summed E-state index contributed by atoms with van der Waals surface area (Å²) < 4.78 is 7.45. The lowest BCUT2D eigenvalue weighted by Crippen LogP contribution is -2.52. The summed E-state index contributed by atoms with van der Waals surface area (Å²) in [5, 5.41) is 0.406. The maximum Gasteiger partial charge on any atom is 0.409 e. The minimum Gasteiger partial charge on any atom is -0.450 e. The van der Waals surface area contributed by atoms with Crippen molar-refractivity contribution < 1.29 is 14.3 Å². The largest absolute Gasteiger partial charge is 0.450 e. The molecule has 9 heteroatoms. The summed E-state index contributed by atoms with van der Waals surface area (Å²) in [7, 11) is 0. The number of rotatable bonds is 4. The van der Waals surface area contributed by atoms with Crippen LogP contribution in [0.15, 0.2) is 33.9 Å². The number of nitrogens with zero attached hydrogens (tertiary/aromatic N) is 4. The summed E-state index contributed by atoms with van der Waals surface area (Å²) >= 11 is 0. The molecule has 1 aliphatic rings. The molecule has 1 aliphatic heterocycles. The maximum atomic E-state index is 12.8. The Bertz CT molecular complexity index is 1000. The second kappa shape index (κ2) is 8.28. The van der Waals surface area contributed by atoms with E-state index in [0.717, 1.165) is 4.57 Å². The fraction of sp³-hybridized carbons (Fsp3) is 0.474. The van der Waals surface area contributed by atoms with Gasteiger partial charge in [-0.1, -0.05) is 12.1 Å². The highest BCUT2D eigenvalue weighted by atomic mass is 16.6. The predicted molar refractivity (Wildman–Crippen MR) is 103 cm³/mol. The van der Waals surface area contributed by atoms with Gasteiger partial charge in [0.2, 0.25) is 5.91 Å². The van der Waals surface area contributed by atoms with E-state index in [1.165, 1.54) is 4.57 Å². The van der Waals surface area contributed by atoms with Crippen LogP contribution in [-0.4, -0.2) is 63.7 Å². The average Bonchev–Trinajstić information content (AvgIpc) is 2.71. The van der Waals surface area contributed by atoms with Crippen molar-refractivity contribution in [3.63, 3.8) is 0 Å². The molecule has 2 heterocycles. The quantitative estimate of drug-likeness (QED) is 0.760. The van der Waals surface area contributed by atoms with Gasteiger partial charge in [-0.3, -0.25) is 18.7 Å². The molecule has 28 heavy (non-hydrogen) atoms. The molecular weight excluding hydrogens is 364 g/mol. The lowest BCUT2D eigenvalue weighted by molar-refractivity contribution is -0.133. The van der Waals surface area contributed by atoms with Gasteiger partial charge < -0.3 is 14.5 Å². The lowest BCUT2D eigenvalue weighted by Gasteiger charge is -2.34. The van der Waals surface area contributed by atoms with Gasteiger partial charge >= 0.3 is 11.8 Å². The third-order valence-electron chi connectivity index (χ3n) is 4.90. The standard InChI is InChI=1S/C19H24N4O5/c1-3-22-15-8-6-5-7-14(15)17(25)23(18(22)26)13-16(24)20-9-11-21(12-10-20)19(27)28-4-2/h5-8H,3-4,9-13H2,1-2H3. The third kappa shape index (κ3) is 3.64. The van der Waals surface area contributed by atoms with E-state index in [1.807, 2.05) is 6.92 Å². The maximum absolute atomic E-state index is 12.8. The molecule has 150 valence electrons. The summed E-state index contributed by atoms with van der Waals surface area (Å²) in [5.74, 6) is -0.319. The Morgan fingerprint density at radius 1 is 0.964 bits per heavy atom. The van der Waals surface area contributed by atoms with Crippen LogP contribution in [0.1, 0.15) is 13.8 Å². The van der Waals surface area contributed by atoms with Crippen molar-refractivity contribution in [3.8, 4) is 0 Å². The molecule has 0 spiro atoms. The van der Waals surface area contributed by atoms with E-state index in [-0.39, 0.29) is 12.5 Å². The Labute approximate surface area is 161 Å². The molecule has 3 rings (SSSR count). The predicted octanol–water partition coefficient (Wildman–Crippen LogP) is 0.484. The minimum atomic E-state index is -0.496. The van der Waals surface area contributed by atoms with E-state index in [1.54, 1.807) is 41.0 Å². The SMILES string of the molecule is CCOC(=O)N1CCN(C(=O)Cn2c(=O)c3ccccc3n(CC)c2=O)CC1. The van der Waals surface area contributed by atoms with Crippen LogP contribution in [0.2, 0.25) is 0 Å². The number of benzene rings is 1. The van der Waals surface area contributed by atoms with Crippen molar-refractivity contribution in [1.82, 2.24) is 18.9 Å². The second-order valence-electron chi connectivity index (χ2n) is 6.50. The van der Waals surface area contributed by atoms with Crippen molar-refractivity contribution >= 4 is 22.9 Å². The van der Waals surface area contributed by atoms with Crippen molar-refractivity contribution in [1.29, 1.82) is 0 Å². The Hall–Kier alpha value is -3.10. The molecule has 1 aromatic heterocycles. The summed E-state index contributed by atoms with van der Waals surface area (Å²) in [6.45, 7) is 5.32. The molecule has 9 nitrogen and oxygen atoms in total. The number of amides is 2. The highest BCUT2D eigenvalue weighted by Crippen LogP contribution is 2.08. The molecule has 2 amide bonds. The molecule has 0 unspecified atom stereocenters. The normalized spacial score (nSPS) is 14.4. The minimum absolute atomic E-state index is 0.298. The number of ether oxygens (including phenoxy) is 1. The van der Waals surface area contributed by atoms with E-state index in [0.29, 0.717) is 50.2 Å². The van der Waals surface area contributed by atoms with Crippen molar-refractivity contribution in [2.24, 2.45) is 0 Å². The molecule has 1 saturated heterocycles. The van der Waals surface area contributed by atoms with Crippen LogP contribution in [-0.2, 0) is 22.6 Å². The molecule has 0 aliphatic carbocycles. The Morgan fingerprint density at radius 2 is 1.61 bits per heavy atom. The summed E-state index contributed by atoms with van der Waals surface area (Å²) in [6.07, 6.45) is -0.397. The van der Waals surface area contributed by atoms with Crippen LogP contribution < -0.4 is 11.2 Å². The second-order valence-corrected chi connectivity index (χ2v) is 6.50. The number of para-hydroxylation sites is 1. The van der Waals surface area contributed by atoms with Gasteiger partial charge in [-0.15, -0.1) is 0 Å². The first-order chi connectivity index (χ1) is 13.5. The van der Waals surface area contributed by atoms with Gasteiger partial charge in [-0.25, -0.2) is 9.59 Å². The molecule has 0 saturated carbocycles. The van der Waals surface area contributed by atoms with Gasteiger partial charge in [0.1, 0.15) is 6.54 Å². The van der Waals surface area contributed by atoms with E-state index < -0.39 is 17.3 Å². The molecule has 1 fully saturated rings. The van der Waals surface area contributed by atoms with Crippen LogP contribution in [0.25, 0.3) is 10.9 Å². The summed E-state index contributed by atoms with van der Waals surface area (Å²) in [6, 6.07) is 6.88. The number of fused-ring (bicyclic) bond motifs is 1. The van der Waals surface area contributed by atoms with E-state index in [4.69, 9.17) is 4.74 Å². The zero-order valence-electron chi connectivity index (χ0n) is 16.1. The molecular formula is C19H24N4O5. The van der Waals surface area contributed by atoms with Crippen LogP contribution in [0, 0.1) is 0 Å². The van der Waals surface area contributed by atoms with Gasteiger partial charge in [0, 0.05) is 32.7 Å². The van der Waals surface area contributed by atoms with Crippen molar-refractivity contribution in [3.05, 3.63) is 45.1 Å². The molecule has 0 bridgehead atoms. The van der Waals surface area contributed by atoms with Gasteiger partial charge in [0.15, 0.2) is 0 Å². The molecule has 0 atom stereocenters. The molecule has 1 aromatic carbocycles. The number of carbonyl (C=O) groups is 2. The van der Waals surface area contributed by atoms with Gasteiger partial charge in [-0.2, -0.15) is 0 Å². The smallest absolute Gasteiger partial charge is 0.409 e. The monoisotopic (exact) mass is 388 g/mol. The average molecular weight is 388 g/mol. The van der Waals surface area contributed by atoms with Crippen LogP contribution >= 0.6 is 0 Å². The zero-order valence-corrected chi connectivity index (χ0v) is 16.1. The fourth-order valence-electron chi connectivity index (χ4n) is 3.40. The van der Waals surface area contributed by atoms with E-state index >= 15 is 0 Å². The Morgan fingerprint density at radius 3 is 2.25 bits per heavy atom. The summed E-state index contributed by atoms with van der Waals surface area (Å²) in [5.41, 5.74) is -0.403. The van der Waals surface area contributed by atoms with E-state index in [9.17, 15) is 19.2 Å². The number of carbonyl (C=O) groups excluding carboxylic acids is 2. The van der Waals surface area contributed by atoms with Gasteiger partial charge in [0.05, 0.1) is 17.5 Å². The third-order valence-corrected chi connectivity index (χ3v) is 4.90. The number of hydrogen-bond acceptors (Lipinski definition) is 5. The van der Waals surface area contributed by atoms with Crippen molar-refractivity contribution in [2.45, 2.75) is 26.9 Å². The topological polar surface area (TPSA) is 93.8 Å². The number of aromatic nitrogens is 2. The van der Waals surface area contributed by atoms with Crippen LogP contribution in [0.4, 0.5) is 4.79 Å². The highest BCUT2D eigenvalue weighted by molar-refractivity contribution is 5.79. The Balaban J connectivity index is 1.80. The molecule has 2 aromatic rings. The number of piperazine rings is 1. The fourth-order valence-corrected chi connectivity index (χ4v) is 3.40. The first-order valence-electron chi connectivity index (χ1n) is 9.39. The van der Waals surface area contributed by atoms with Crippen molar-refractivity contribution in [2.75, 3.05) is 32.8 Å². The lowest BCUT2D eigenvalue weighted by atomic mass is 10.2. The van der Waals surface area contributed by atoms with Crippen LogP contribution in [0.5, 0.6) is 0 Å². The molecule has 0 radical (unpaired) electrons. The zero-order chi connectivity index (χ0) is 20.3. The number of aryl methyl sites for hydroxylation is 1. The molecule has 0 N–H and O–H groups in total. The summed E-state index contributed by atoms with van der Waals surface area (Å²) in [4.78, 5) is 53.1. The van der Waals surface area contributed by atoms with Crippen LogP contribution in [0.3, 0.4) is 0 Å². The first-order valence-corrected chi connectivity index (χ1v) is 9.39. The van der Waals surface area contributed by atoms with Gasteiger partial charge in [-0.05, 0) is 26.0 Å². The van der Waals surface area contributed by atoms with Gasteiger partial charge in [0.25, 0.3) is 5.56 Å². The first kappa shape index (κ1) is 19.7. The Kier molecular flexibility index (Phi) is 5.81. The van der Waals surface area contributed by atoms with E-state index in [2.05, 4.69) is 0 Å². The number of hydrogen-bond donors (Lipinski definition) is 0.